The number of hydrogen-bond acceptors (Lipinski definition) is 1. The Morgan fingerprint density at radius 1 is 1.38 bits per heavy atom. The third kappa shape index (κ3) is 3.53. The van der Waals surface area contributed by atoms with Crippen LogP contribution in [-0.4, -0.2) is 16.8 Å². The fourth-order valence-electron chi connectivity index (χ4n) is 2.10. The highest BCUT2D eigenvalue weighted by Gasteiger charge is 2.31. The summed E-state index contributed by atoms with van der Waals surface area (Å²) >= 11 is 6.21. The number of halogens is 3. The number of fused-ring (bicyclic) bond motifs is 1. The number of aromatic amines is 1. The minimum Gasteiger partial charge on any atom is -0.357 e. The highest BCUT2D eigenvalue weighted by atomic mass is 35.5. The predicted molar refractivity (Wildman–Crippen MR) is 79.9 cm³/mol. The molecule has 1 amide bonds. The molecule has 0 spiro atoms. The Balaban J connectivity index is 2.22. The van der Waals surface area contributed by atoms with E-state index in [4.69, 9.17) is 11.6 Å². The SMILES string of the molecule is CC(C)c1cc2[nH]c(CNC(=O)C(C)(F)F)cc2cc1Cl. The quantitative estimate of drug-likeness (QED) is 0.872. The lowest BCUT2D eigenvalue weighted by Crippen LogP contribution is -2.37. The van der Waals surface area contributed by atoms with Gasteiger partial charge in [-0.25, -0.2) is 0 Å². The molecule has 2 aromatic rings. The molecule has 0 saturated heterocycles. The van der Waals surface area contributed by atoms with Crippen LogP contribution >= 0.6 is 11.6 Å². The molecule has 0 saturated carbocycles. The summed E-state index contributed by atoms with van der Waals surface area (Å²) in [5.41, 5.74) is 2.54. The second kappa shape index (κ2) is 5.64. The number of carbonyl (C=O) groups excluding carboxylic acids is 1. The van der Waals surface area contributed by atoms with Crippen molar-refractivity contribution in [3.63, 3.8) is 0 Å². The molecule has 1 heterocycles. The molecule has 0 bridgehead atoms. The van der Waals surface area contributed by atoms with E-state index >= 15 is 0 Å². The number of amides is 1. The van der Waals surface area contributed by atoms with Crippen LogP contribution in [0.2, 0.25) is 5.02 Å². The zero-order valence-corrected chi connectivity index (χ0v) is 12.8. The number of rotatable bonds is 4. The van der Waals surface area contributed by atoms with Crippen LogP contribution in [0, 0.1) is 0 Å². The van der Waals surface area contributed by atoms with Gasteiger partial charge >= 0.3 is 5.92 Å². The van der Waals surface area contributed by atoms with E-state index in [1.54, 1.807) is 6.07 Å². The number of nitrogens with one attached hydrogen (secondary N) is 2. The van der Waals surface area contributed by atoms with Crippen molar-refractivity contribution in [2.45, 2.75) is 39.2 Å². The Labute approximate surface area is 126 Å². The summed E-state index contributed by atoms with van der Waals surface area (Å²) in [5.74, 6) is -4.38. The summed E-state index contributed by atoms with van der Waals surface area (Å²) in [6, 6.07) is 5.57. The number of aromatic nitrogens is 1. The first-order valence-electron chi connectivity index (χ1n) is 6.65. The summed E-state index contributed by atoms with van der Waals surface area (Å²) in [4.78, 5) is 14.3. The summed E-state index contributed by atoms with van der Waals surface area (Å²) in [6.45, 7) is 4.68. The van der Waals surface area contributed by atoms with Gasteiger partial charge in [-0.15, -0.1) is 0 Å². The van der Waals surface area contributed by atoms with E-state index in [-0.39, 0.29) is 12.5 Å². The topological polar surface area (TPSA) is 44.9 Å². The molecule has 0 aliphatic heterocycles. The molecule has 0 unspecified atom stereocenters. The van der Waals surface area contributed by atoms with Gasteiger partial charge in [0.25, 0.3) is 5.91 Å². The van der Waals surface area contributed by atoms with Crippen molar-refractivity contribution < 1.29 is 13.6 Å². The van der Waals surface area contributed by atoms with E-state index in [1.165, 1.54) is 0 Å². The highest BCUT2D eigenvalue weighted by Crippen LogP contribution is 2.29. The highest BCUT2D eigenvalue weighted by molar-refractivity contribution is 6.32. The van der Waals surface area contributed by atoms with Crippen molar-refractivity contribution in [1.82, 2.24) is 10.3 Å². The maximum absolute atomic E-state index is 12.8. The zero-order chi connectivity index (χ0) is 15.8. The monoisotopic (exact) mass is 314 g/mol. The van der Waals surface area contributed by atoms with Crippen molar-refractivity contribution in [1.29, 1.82) is 0 Å². The van der Waals surface area contributed by atoms with E-state index < -0.39 is 11.8 Å². The zero-order valence-electron chi connectivity index (χ0n) is 12.1. The van der Waals surface area contributed by atoms with Gasteiger partial charge in [0.15, 0.2) is 0 Å². The van der Waals surface area contributed by atoms with E-state index in [2.05, 4.69) is 10.3 Å². The third-order valence-electron chi connectivity index (χ3n) is 3.25. The van der Waals surface area contributed by atoms with Gasteiger partial charge in [-0.1, -0.05) is 25.4 Å². The average Bonchev–Trinajstić information content (AvgIpc) is 2.75. The lowest BCUT2D eigenvalue weighted by molar-refractivity contribution is -0.143. The molecule has 1 aromatic carbocycles. The molecule has 1 aromatic heterocycles. The molecule has 0 atom stereocenters. The molecule has 0 fully saturated rings. The number of carbonyl (C=O) groups is 1. The number of H-pyrrole nitrogens is 1. The minimum absolute atomic E-state index is 0.0194. The second-order valence-electron chi connectivity index (χ2n) is 5.48. The van der Waals surface area contributed by atoms with Crippen LogP contribution in [0.15, 0.2) is 18.2 Å². The molecule has 6 heteroatoms. The van der Waals surface area contributed by atoms with Gasteiger partial charge in [-0.05, 0) is 29.7 Å². The van der Waals surface area contributed by atoms with E-state index in [9.17, 15) is 13.6 Å². The normalized spacial score (nSPS) is 12.1. The van der Waals surface area contributed by atoms with Crippen LogP contribution in [0.25, 0.3) is 10.9 Å². The number of benzene rings is 1. The first-order chi connectivity index (χ1) is 9.68. The maximum atomic E-state index is 12.8. The second-order valence-corrected chi connectivity index (χ2v) is 5.89. The molecule has 114 valence electrons. The van der Waals surface area contributed by atoms with Gasteiger partial charge in [0.2, 0.25) is 0 Å². The van der Waals surface area contributed by atoms with E-state index in [0.717, 1.165) is 16.5 Å². The van der Waals surface area contributed by atoms with Gasteiger partial charge in [-0.3, -0.25) is 4.79 Å². The summed E-state index contributed by atoms with van der Waals surface area (Å²) in [7, 11) is 0. The van der Waals surface area contributed by atoms with E-state index in [1.807, 2.05) is 26.0 Å². The first-order valence-corrected chi connectivity index (χ1v) is 7.03. The fraction of sp³-hybridized carbons (Fsp3) is 0.400. The average molecular weight is 315 g/mol. The third-order valence-corrected chi connectivity index (χ3v) is 3.58. The van der Waals surface area contributed by atoms with Gasteiger partial charge in [0.1, 0.15) is 0 Å². The van der Waals surface area contributed by atoms with Crippen LogP contribution in [0.1, 0.15) is 37.9 Å². The van der Waals surface area contributed by atoms with Crippen molar-refractivity contribution in [3.05, 3.63) is 34.5 Å². The Kier molecular flexibility index (Phi) is 4.23. The smallest absolute Gasteiger partial charge is 0.321 e. The Morgan fingerprint density at radius 3 is 2.62 bits per heavy atom. The van der Waals surface area contributed by atoms with Crippen LogP contribution in [0.4, 0.5) is 8.78 Å². The lowest BCUT2D eigenvalue weighted by Gasteiger charge is -2.09. The van der Waals surface area contributed by atoms with Crippen LogP contribution < -0.4 is 5.32 Å². The van der Waals surface area contributed by atoms with Gasteiger partial charge < -0.3 is 10.3 Å². The molecular weight excluding hydrogens is 298 g/mol. The fourth-order valence-corrected chi connectivity index (χ4v) is 2.49. The molecular formula is C15H17ClF2N2O. The molecule has 0 aliphatic rings. The van der Waals surface area contributed by atoms with Crippen LogP contribution in [-0.2, 0) is 11.3 Å². The minimum atomic E-state index is -3.37. The van der Waals surface area contributed by atoms with Gasteiger partial charge in [0.05, 0.1) is 6.54 Å². The maximum Gasteiger partial charge on any atom is 0.321 e. The first kappa shape index (κ1) is 15.8. The summed E-state index contributed by atoms with van der Waals surface area (Å²) < 4.78 is 25.6. The van der Waals surface area contributed by atoms with Crippen molar-refractivity contribution in [3.8, 4) is 0 Å². The summed E-state index contributed by atoms with van der Waals surface area (Å²) in [6.07, 6.45) is 0. The van der Waals surface area contributed by atoms with Gasteiger partial charge in [0, 0.05) is 28.5 Å². The van der Waals surface area contributed by atoms with Gasteiger partial charge in [-0.2, -0.15) is 8.78 Å². The molecule has 3 nitrogen and oxygen atoms in total. The molecule has 2 N–H and O–H groups in total. The number of alkyl halides is 2. The molecule has 0 aliphatic carbocycles. The standard InChI is InChI=1S/C15H17ClF2N2O/c1-8(2)11-6-13-9(5-12(11)16)4-10(20-13)7-19-14(21)15(3,17)18/h4-6,8,20H,7H2,1-3H3,(H,19,21). The lowest BCUT2D eigenvalue weighted by atomic mass is 10.0. The molecule has 21 heavy (non-hydrogen) atoms. The number of hydrogen-bond donors (Lipinski definition) is 2. The Bertz CT molecular complexity index is 674. The largest absolute Gasteiger partial charge is 0.357 e. The predicted octanol–water partition coefficient (Wildman–Crippen LogP) is 4.22. The van der Waals surface area contributed by atoms with Crippen molar-refractivity contribution in [2.24, 2.45) is 0 Å². The van der Waals surface area contributed by atoms with Crippen LogP contribution in [0.3, 0.4) is 0 Å². The summed E-state index contributed by atoms with van der Waals surface area (Å²) in [5, 5.41) is 3.76. The van der Waals surface area contributed by atoms with E-state index in [0.29, 0.717) is 17.6 Å². The Morgan fingerprint density at radius 2 is 2.05 bits per heavy atom. The van der Waals surface area contributed by atoms with Crippen molar-refractivity contribution >= 4 is 28.4 Å². The molecule has 2 rings (SSSR count). The van der Waals surface area contributed by atoms with Crippen molar-refractivity contribution in [2.75, 3.05) is 0 Å². The van der Waals surface area contributed by atoms with Crippen LogP contribution in [0.5, 0.6) is 0 Å². The Hall–Kier alpha value is -1.62. The molecule has 0 radical (unpaired) electrons.